The fraction of sp³-hybridized carbons (Fsp3) is 0.286. The van der Waals surface area contributed by atoms with E-state index in [1.54, 1.807) is 14.0 Å². The van der Waals surface area contributed by atoms with E-state index in [0.29, 0.717) is 10.6 Å². The zero-order valence-corrected chi connectivity index (χ0v) is 11.8. The number of carboxylic acid groups (broad SMARTS) is 1. The Morgan fingerprint density at radius 2 is 2.21 bits per heavy atom. The van der Waals surface area contributed by atoms with Crippen molar-refractivity contribution in [3.05, 3.63) is 45.4 Å². The van der Waals surface area contributed by atoms with Crippen LogP contribution in [0.3, 0.4) is 0 Å². The smallest absolute Gasteiger partial charge is 0.347 e. The van der Waals surface area contributed by atoms with Gasteiger partial charge in [-0.3, -0.25) is 0 Å². The monoisotopic (exact) mass is 277 g/mol. The van der Waals surface area contributed by atoms with Gasteiger partial charge in [0, 0.05) is 5.92 Å². The van der Waals surface area contributed by atoms with Crippen LogP contribution in [0.15, 0.2) is 24.3 Å². The normalized spacial score (nSPS) is 12.2. The van der Waals surface area contributed by atoms with Crippen LogP contribution in [0.1, 0.15) is 38.8 Å². The highest BCUT2D eigenvalue weighted by atomic mass is 32.1. The minimum absolute atomic E-state index is 0.0481. The van der Waals surface area contributed by atoms with Crippen LogP contribution in [-0.4, -0.2) is 23.2 Å². The third-order valence-corrected chi connectivity index (χ3v) is 4.30. The van der Waals surface area contributed by atoms with Crippen molar-refractivity contribution < 1.29 is 14.6 Å². The topological polar surface area (TPSA) is 59.4 Å². The van der Waals surface area contributed by atoms with Gasteiger partial charge in [0.2, 0.25) is 0 Å². The molecule has 0 spiro atoms. The van der Waals surface area contributed by atoms with Crippen LogP contribution < -0.4 is 4.74 Å². The number of ether oxygens (including phenoxy) is 1. The predicted molar refractivity (Wildman–Crippen MR) is 74.3 cm³/mol. The quantitative estimate of drug-likeness (QED) is 0.931. The van der Waals surface area contributed by atoms with Gasteiger partial charge in [-0.2, -0.15) is 0 Å². The average molecular weight is 277 g/mol. The van der Waals surface area contributed by atoms with Gasteiger partial charge in [0.15, 0.2) is 0 Å². The van der Waals surface area contributed by atoms with Crippen LogP contribution in [0.25, 0.3) is 0 Å². The molecule has 1 atom stereocenters. The van der Waals surface area contributed by atoms with Gasteiger partial charge in [-0.1, -0.05) is 19.1 Å². The molecule has 0 radical (unpaired) electrons. The van der Waals surface area contributed by atoms with Crippen LogP contribution in [-0.2, 0) is 0 Å². The number of carbonyl (C=O) groups is 1. The zero-order valence-electron chi connectivity index (χ0n) is 11.0. The Morgan fingerprint density at radius 1 is 1.47 bits per heavy atom. The summed E-state index contributed by atoms with van der Waals surface area (Å²) in [6.07, 6.45) is 0. The third-order valence-electron chi connectivity index (χ3n) is 2.97. The maximum Gasteiger partial charge on any atom is 0.347 e. The van der Waals surface area contributed by atoms with Gasteiger partial charge < -0.3 is 9.84 Å². The van der Waals surface area contributed by atoms with E-state index in [0.717, 1.165) is 16.3 Å². The summed E-state index contributed by atoms with van der Waals surface area (Å²) < 4.78 is 5.20. The van der Waals surface area contributed by atoms with E-state index in [1.807, 2.05) is 31.2 Å². The summed E-state index contributed by atoms with van der Waals surface area (Å²) in [4.78, 5) is 15.7. The van der Waals surface area contributed by atoms with Crippen molar-refractivity contribution in [1.82, 2.24) is 4.98 Å². The first-order valence-electron chi connectivity index (χ1n) is 5.87. The molecule has 0 amide bonds. The number of carboxylic acids is 1. The molecule has 0 fully saturated rings. The second-order valence-electron chi connectivity index (χ2n) is 4.27. The Bertz CT molecular complexity index is 606. The molecular weight excluding hydrogens is 262 g/mol. The fourth-order valence-corrected chi connectivity index (χ4v) is 2.84. The molecule has 4 nitrogen and oxygen atoms in total. The molecular formula is C14H15NO3S. The van der Waals surface area contributed by atoms with Crippen molar-refractivity contribution in [3.8, 4) is 5.75 Å². The number of rotatable bonds is 4. The molecule has 1 heterocycles. The number of hydrogen-bond acceptors (Lipinski definition) is 4. The Kier molecular flexibility index (Phi) is 3.85. The maximum absolute atomic E-state index is 11.0. The second kappa shape index (κ2) is 5.40. The minimum atomic E-state index is -0.918. The highest BCUT2D eigenvalue weighted by Gasteiger charge is 2.19. The molecule has 1 unspecified atom stereocenters. The molecule has 0 saturated heterocycles. The number of thiazole rings is 1. The molecule has 0 saturated carbocycles. The van der Waals surface area contributed by atoms with E-state index in [1.165, 1.54) is 11.3 Å². The highest BCUT2D eigenvalue weighted by molar-refractivity contribution is 7.13. The van der Waals surface area contributed by atoms with Crippen molar-refractivity contribution in [1.29, 1.82) is 0 Å². The molecule has 5 heteroatoms. The Balaban J connectivity index is 2.35. The van der Waals surface area contributed by atoms with Crippen LogP contribution in [0.4, 0.5) is 0 Å². The Hall–Kier alpha value is -1.88. The summed E-state index contributed by atoms with van der Waals surface area (Å²) in [5.74, 6) is -0.0814. The Labute approximate surface area is 115 Å². The standard InChI is InChI=1S/C14H15NO3S/c1-8(10-5-4-6-11(7-10)18-3)13-15-9(2)12(19-13)14(16)17/h4-8H,1-3H3,(H,16,17). The largest absolute Gasteiger partial charge is 0.497 e. The number of hydrogen-bond donors (Lipinski definition) is 1. The lowest BCUT2D eigenvalue weighted by Gasteiger charge is -2.10. The lowest BCUT2D eigenvalue weighted by Crippen LogP contribution is -1.96. The van der Waals surface area contributed by atoms with Gasteiger partial charge in [-0.15, -0.1) is 11.3 Å². The van der Waals surface area contributed by atoms with Gasteiger partial charge >= 0.3 is 5.97 Å². The molecule has 19 heavy (non-hydrogen) atoms. The molecule has 1 aromatic carbocycles. The highest BCUT2D eigenvalue weighted by Crippen LogP contribution is 2.31. The lowest BCUT2D eigenvalue weighted by molar-refractivity contribution is 0.0701. The molecule has 1 aromatic heterocycles. The molecule has 0 bridgehead atoms. The molecule has 0 aliphatic rings. The van der Waals surface area contributed by atoms with Crippen molar-refractivity contribution in [2.45, 2.75) is 19.8 Å². The zero-order chi connectivity index (χ0) is 14.0. The molecule has 2 rings (SSSR count). The molecule has 100 valence electrons. The number of nitrogens with zero attached hydrogens (tertiary/aromatic N) is 1. The van der Waals surface area contributed by atoms with Crippen molar-refractivity contribution in [2.75, 3.05) is 7.11 Å². The summed E-state index contributed by atoms with van der Waals surface area (Å²) in [5, 5.41) is 9.87. The van der Waals surface area contributed by atoms with Gasteiger partial charge in [0.25, 0.3) is 0 Å². The second-order valence-corrected chi connectivity index (χ2v) is 5.30. The number of aromatic carboxylic acids is 1. The number of aromatic nitrogens is 1. The van der Waals surface area contributed by atoms with Crippen molar-refractivity contribution in [3.63, 3.8) is 0 Å². The van der Waals surface area contributed by atoms with E-state index in [2.05, 4.69) is 4.98 Å². The van der Waals surface area contributed by atoms with Gasteiger partial charge in [0.1, 0.15) is 15.6 Å². The number of aryl methyl sites for hydroxylation is 1. The summed E-state index contributed by atoms with van der Waals surface area (Å²) in [5.41, 5.74) is 1.63. The van der Waals surface area contributed by atoms with Crippen LogP contribution in [0, 0.1) is 6.92 Å². The first-order chi connectivity index (χ1) is 9.02. The SMILES string of the molecule is COc1cccc(C(C)c2nc(C)c(C(=O)O)s2)c1. The van der Waals surface area contributed by atoms with Crippen molar-refractivity contribution in [2.24, 2.45) is 0 Å². The molecule has 1 N–H and O–H groups in total. The van der Waals surface area contributed by atoms with Crippen molar-refractivity contribution >= 4 is 17.3 Å². The molecule has 2 aromatic rings. The van der Waals surface area contributed by atoms with E-state index >= 15 is 0 Å². The molecule has 0 aliphatic heterocycles. The predicted octanol–water partition coefficient (Wildman–Crippen LogP) is 3.31. The van der Waals surface area contributed by atoms with Crippen LogP contribution in [0.2, 0.25) is 0 Å². The number of benzene rings is 1. The summed E-state index contributed by atoms with van der Waals surface area (Å²) in [7, 11) is 1.62. The maximum atomic E-state index is 11.0. The van der Waals surface area contributed by atoms with Crippen LogP contribution >= 0.6 is 11.3 Å². The first kappa shape index (κ1) is 13.5. The first-order valence-corrected chi connectivity index (χ1v) is 6.69. The van der Waals surface area contributed by atoms with E-state index in [-0.39, 0.29) is 5.92 Å². The fourth-order valence-electron chi connectivity index (χ4n) is 1.85. The van der Waals surface area contributed by atoms with Crippen LogP contribution in [0.5, 0.6) is 5.75 Å². The van der Waals surface area contributed by atoms with E-state index in [4.69, 9.17) is 9.84 Å². The van der Waals surface area contributed by atoms with E-state index < -0.39 is 5.97 Å². The summed E-state index contributed by atoms with van der Waals surface area (Å²) >= 11 is 1.23. The molecule has 0 aliphatic carbocycles. The Morgan fingerprint density at radius 3 is 2.79 bits per heavy atom. The third kappa shape index (κ3) is 2.76. The van der Waals surface area contributed by atoms with Gasteiger partial charge in [-0.25, -0.2) is 9.78 Å². The van der Waals surface area contributed by atoms with Gasteiger partial charge in [0.05, 0.1) is 12.8 Å². The van der Waals surface area contributed by atoms with Gasteiger partial charge in [-0.05, 0) is 24.6 Å². The summed E-state index contributed by atoms with van der Waals surface area (Å²) in [6, 6.07) is 7.74. The van der Waals surface area contributed by atoms with E-state index in [9.17, 15) is 4.79 Å². The lowest BCUT2D eigenvalue weighted by atomic mass is 10.0. The average Bonchev–Trinajstić information content (AvgIpc) is 2.80. The minimum Gasteiger partial charge on any atom is -0.497 e. The number of methoxy groups -OCH3 is 1. The summed E-state index contributed by atoms with van der Waals surface area (Å²) in [6.45, 7) is 3.74.